The van der Waals surface area contributed by atoms with Crippen LogP contribution in [0.2, 0.25) is 0 Å². The maximum Gasteiger partial charge on any atom is 0.346 e. The number of carbonyl (C=O) groups excluding carboxylic acids is 3. The van der Waals surface area contributed by atoms with E-state index in [2.05, 4.69) is 26.8 Å². The molecule has 142 valence electrons. The van der Waals surface area contributed by atoms with Gasteiger partial charge in [0, 0.05) is 10.0 Å². The first-order chi connectivity index (χ1) is 13.0. The van der Waals surface area contributed by atoms with Crippen molar-refractivity contribution in [2.45, 2.75) is 0 Å². The molecule has 2 amide bonds. The first-order valence-electron chi connectivity index (χ1n) is 7.69. The lowest BCUT2D eigenvalue weighted by molar-refractivity contribution is -0.125. The molecule has 0 heterocycles. The van der Waals surface area contributed by atoms with Crippen molar-refractivity contribution in [3.05, 3.63) is 58.1 Å². The quantitative estimate of drug-likeness (QED) is 0.530. The number of hydrazine groups is 1. The summed E-state index contributed by atoms with van der Waals surface area (Å²) >= 11 is 3.26. The van der Waals surface area contributed by atoms with E-state index in [1.165, 1.54) is 14.2 Å². The molecule has 2 rings (SSSR count). The topological polar surface area (TPSA) is 103 Å². The van der Waals surface area contributed by atoms with Gasteiger partial charge in [-0.3, -0.25) is 20.4 Å². The van der Waals surface area contributed by atoms with Crippen LogP contribution in [0.5, 0.6) is 11.5 Å². The lowest BCUT2D eigenvalue weighted by atomic mass is 10.2. The molecule has 27 heavy (non-hydrogen) atoms. The minimum atomic E-state index is -0.793. The summed E-state index contributed by atoms with van der Waals surface area (Å²) < 4.78 is 16.0. The van der Waals surface area contributed by atoms with Gasteiger partial charge in [0.15, 0.2) is 6.61 Å². The van der Waals surface area contributed by atoms with E-state index in [0.717, 1.165) is 4.47 Å². The van der Waals surface area contributed by atoms with E-state index in [1.807, 2.05) is 0 Å². The number of ether oxygens (including phenoxy) is 3. The van der Waals surface area contributed by atoms with Gasteiger partial charge in [-0.15, -0.1) is 0 Å². The van der Waals surface area contributed by atoms with Crippen molar-refractivity contribution in [3.63, 3.8) is 0 Å². The lowest BCUT2D eigenvalue weighted by Crippen LogP contribution is -2.43. The summed E-state index contributed by atoms with van der Waals surface area (Å²) in [5, 5.41) is 0. The Balaban J connectivity index is 1.89. The normalized spacial score (nSPS) is 9.89. The molecule has 2 N–H and O–H groups in total. The van der Waals surface area contributed by atoms with Crippen LogP contribution in [0.25, 0.3) is 0 Å². The molecule has 9 heteroatoms. The highest BCUT2D eigenvalue weighted by molar-refractivity contribution is 9.10. The number of halogens is 1. The molecule has 0 bridgehead atoms. The maximum absolute atomic E-state index is 12.2. The summed E-state index contributed by atoms with van der Waals surface area (Å²) in [6.07, 6.45) is 0. The Kier molecular flexibility index (Phi) is 7.18. The maximum atomic E-state index is 12.2. The first kappa shape index (κ1) is 20.2. The Morgan fingerprint density at radius 2 is 1.52 bits per heavy atom. The fraction of sp³-hybridized carbons (Fsp3) is 0.167. The third-order valence-electron chi connectivity index (χ3n) is 3.39. The smallest absolute Gasteiger partial charge is 0.346 e. The van der Waals surface area contributed by atoms with Crippen molar-refractivity contribution in [1.82, 2.24) is 10.9 Å². The van der Waals surface area contributed by atoms with Gasteiger partial charge in [0.05, 0.1) is 14.2 Å². The minimum Gasteiger partial charge on any atom is -0.496 e. The summed E-state index contributed by atoms with van der Waals surface area (Å²) in [7, 11) is 2.80. The molecule has 0 radical (unpaired) electrons. The van der Waals surface area contributed by atoms with Crippen molar-refractivity contribution in [2.75, 3.05) is 20.8 Å². The molecule has 0 spiro atoms. The van der Waals surface area contributed by atoms with Gasteiger partial charge in [-0.1, -0.05) is 22.0 Å². The average molecular weight is 437 g/mol. The molecular weight excluding hydrogens is 420 g/mol. The van der Waals surface area contributed by atoms with Crippen LogP contribution in [0.1, 0.15) is 20.7 Å². The van der Waals surface area contributed by atoms with Crippen LogP contribution in [-0.2, 0) is 9.53 Å². The number of amides is 2. The highest BCUT2D eigenvalue weighted by atomic mass is 79.9. The van der Waals surface area contributed by atoms with E-state index in [4.69, 9.17) is 14.2 Å². The SMILES string of the molecule is COc1cccc(OC)c1C(=O)OCC(=O)NNC(=O)c1ccc(Br)cc1. The van der Waals surface area contributed by atoms with Crippen molar-refractivity contribution < 1.29 is 28.6 Å². The molecule has 0 aliphatic carbocycles. The second-order valence-electron chi connectivity index (χ2n) is 5.12. The van der Waals surface area contributed by atoms with Crippen LogP contribution in [-0.4, -0.2) is 38.6 Å². The summed E-state index contributed by atoms with van der Waals surface area (Å²) in [6, 6.07) is 11.3. The molecule has 0 atom stereocenters. The van der Waals surface area contributed by atoms with Gasteiger partial charge in [0.2, 0.25) is 0 Å². The molecule has 0 saturated carbocycles. The molecule has 2 aromatic rings. The van der Waals surface area contributed by atoms with Crippen LogP contribution in [0.15, 0.2) is 46.9 Å². The predicted octanol–water partition coefficient (Wildman–Crippen LogP) is 2.08. The monoisotopic (exact) mass is 436 g/mol. The average Bonchev–Trinajstić information content (AvgIpc) is 2.69. The van der Waals surface area contributed by atoms with Crippen molar-refractivity contribution in [1.29, 1.82) is 0 Å². The van der Waals surface area contributed by atoms with Crippen molar-refractivity contribution in [2.24, 2.45) is 0 Å². The van der Waals surface area contributed by atoms with E-state index in [1.54, 1.807) is 42.5 Å². The molecule has 0 unspecified atom stereocenters. The lowest BCUT2D eigenvalue weighted by Gasteiger charge is -2.12. The van der Waals surface area contributed by atoms with Crippen LogP contribution in [0.4, 0.5) is 0 Å². The number of esters is 1. The van der Waals surface area contributed by atoms with E-state index < -0.39 is 24.4 Å². The van der Waals surface area contributed by atoms with Gasteiger partial charge in [0.1, 0.15) is 17.1 Å². The van der Waals surface area contributed by atoms with E-state index in [0.29, 0.717) is 5.56 Å². The predicted molar refractivity (Wildman–Crippen MR) is 99.6 cm³/mol. The van der Waals surface area contributed by atoms with E-state index >= 15 is 0 Å². The highest BCUT2D eigenvalue weighted by Gasteiger charge is 2.20. The molecular formula is C18H17BrN2O6. The number of benzene rings is 2. The Labute approximate surface area is 163 Å². The van der Waals surface area contributed by atoms with E-state index in [9.17, 15) is 14.4 Å². The third-order valence-corrected chi connectivity index (χ3v) is 3.92. The van der Waals surface area contributed by atoms with Crippen molar-refractivity contribution >= 4 is 33.7 Å². The molecule has 0 aliphatic rings. The molecule has 0 aromatic heterocycles. The standard InChI is InChI=1S/C18H17BrN2O6/c1-25-13-4-3-5-14(26-2)16(13)18(24)27-10-15(22)20-21-17(23)11-6-8-12(19)9-7-11/h3-9H,10H2,1-2H3,(H,20,22)(H,21,23). The summed E-state index contributed by atoms with van der Waals surface area (Å²) in [5.74, 6) is -1.50. The summed E-state index contributed by atoms with van der Waals surface area (Å²) in [4.78, 5) is 36.0. The Morgan fingerprint density at radius 3 is 2.07 bits per heavy atom. The van der Waals surface area contributed by atoms with Gasteiger partial charge in [0.25, 0.3) is 11.8 Å². The Morgan fingerprint density at radius 1 is 0.926 bits per heavy atom. The summed E-state index contributed by atoms with van der Waals surface area (Å²) in [5.41, 5.74) is 4.82. The Hall–Kier alpha value is -3.07. The minimum absolute atomic E-state index is 0.0641. The zero-order valence-electron chi connectivity index (χ0n) is 14.6. The second kappa shape index (κ2) is 9.58. The van der Waals surface area contributed by atoms with Crippen LogP contribution < -0.4 is 20.3 Å². The summed E-state index contributed by atoms with van der Waals surface area (Å²) in [6.45, 7) is -0.597. The fourth-order valence-electron chi connectivity index (χ4n) is 2.09. The number of hydrogen-bond acceptors (Lipinski definition) is 6. The molecule has 0 saturated heterocycles. The largest absolute Gasteiger partial charge is 0.496 e. The van der Waals surface area contributed by atoms with Crippen LogP contribution >= 0.6 is 15.9 Å². The number of rotatable bonds is 6. The molecule has 0 fully saturated rings. The zero-order valence-corrected chi connectivity index (χ0v) is 16.2. The van der Waals surface area contributed by atoms with Gasteiger partial charge >= 0.3 is 5.97 Å². The van der Waals surface area contributed by atoms with Gasteiger partial charge in [-0.25, -0.2) is 4.79 Å². The highest BCUT2D eigenvalue weighted by Crippen LogP contribution is 2.28. The number of nitrogens with one attached hydrogen (secondary N) is 2. The Bertz CT molecular complexity index is 816. The third kappa shape index (κ3) is 5.45. The fourth-order valence-corrected chi connectivity index (χ4v) is 2.36. The molecule has 0 aliphatic heterocycles. The van der Waals surface area contributed by atoms with Gasteiger partial charge < -0.3 is 14.2 Å². The van der Waals surface area contributed by atoms with E-state index in [-0.39, 0.29) is 17.1 Å². The van der Waals surface area contributed by atoms with Crippen LogP contribution in [0.3, 0.4) is 0 Å². The van der Waals surface area contributed by atoms with Crippen molar-refractivity contribution in [3.8, 4) is 11.5 Å². The number of methoxy groups -OCH3 is 2. The van der Waals surface area contributed by atoms with Gasteiger partial charge in [-0.05, 0) is 36.4 Å². The number of carbonyl (C=O) groups is 3. The first-order valence-corrected chi connectivity index (χ1v) is 8.48. The second-order valence-corrected chi connectivity index (χ2v) is 6.04. The number of hydrogen-bond donors (Lipinski definition) is 2. The molecule has 8 nitrogen and oxygen atoms in total. The zero-order chi connectivity index (χ0) is 19.8. The van der Waals surface area contributed by atoms with Crippen LogP contribution in [0, 0.1) is 0 Å². The van der Waals surface area contributed by atoms with Gasteiger partial charge in [-0.2, -0.15) is 0 Å². The molecule has 2 aromatic carbocycles.